The molecule has 0 fully saturated rings. The Hall–Kier alpha value is -1.13. The lowest BCUT2D eigenvalue weighted by molar-refractivity contribution is 0.632. The Bertz CT molecular complexity index is 531. The molecule has 0 radical (unpaired) electrons. The van der Waals surface area contributed by atoms with E-state index in [9.17, 15) is 0 Å². The third kappa shape index (κ3) is 2.82. The summed E-state index contributed by atoms with van der Waals surface area (Å²) < 4.78 is 2.01. The Morgan fingerprint density at radius 1 is 1.44 bits per heavy atom. The molecule has 0 aliphatic rings. The monoisotopic (exact) mass is 281 g/mol. The molecule has 0 unspecified atom stereocenters. The third-order valence-corrected chi connectivity index (χ3v) is 4.26. The summed E-state index contributed by atoms with van der Waals surface area (Å²) in [6.07, 6.45) is 0. The molecule has 0 spiro atoms. The highest BCUT2D eigenvalue weighted by Gasteiger charge is 2.09. The van der Waals surface area contributed by atoms with Crippen molar-refractivity contribution in [3.8, 4) is 0 Å². The molecule has 2 aromatic rings. The number of anilines is 1. The highest BCUT2D eigenvalue weighted by atomic mass is 35.5. The van der Waals surface area contributed by atoms with Crippen LogP contribution < -0.4 is 5.73 Å². The molecule has 3 nitrogen and oxygen atoms in total. The van der Waals surface area contributed by atoms with E-state index >= 15 is 0 Å². The van der Waals surface area contributed by atoms with Crippen LogP contribution in [0, 0.1) is 6.92 Å². The van der Waals surface area contributed by atoms with E-state index in [4.69, 9.17) is 17.3 Å². The fourth-order valence-electron chi connectivity index (χ4n) is 1.81. The number of aryl methyl sites for hydroxylation is 2. The van der Waals surface area contributed by atoms with Crippen LogP contribution in [0.15, 0.2) is 29.2 Å². The summed E-state index contributed by atoms with van der Waals surface area (Å²) in [6, 6.07) is 7.70. The number of nitrogens with zero attached hydrogens (tertiary/aromatic N) is 2. The zero-order valence-electron chi connectivity index (χ0n) is 10.5. The number of halogens is 1. The van der Waals surface area contributed by atoms with Gasteiger partial charge in [0.05, 0.1) is 10.7 Å². The van der Waals surface area contributed by atoms with Crippen LogP contribution in [0.25, 0.3) is 0 Å². The van der Waals surface area contributed by atoms with Crippen LogP contribution in [-0.2, 0) is 12.3 Å². The summed E-state index contributed by atoms with van der Waals surface area (Å²) in [5.41, 5.74) is 8.90. The van der Waals surface area contributed by atoms with Crippen molar-refractivity contribution in [1.82, 2.24) is 9.78 Å². The van der Waals surface area contributed by atoms with Crippen molar-refractivity contribution < 1.29 is 0 Å². The number of hydrogen-bond donors (Lipinski definition) is 1. The lowest BCUT2D eigenvalue weighted by Gasteiger charge is -2.08. The number of nitrogens with two attached hydrogens (primary N) is 1. The SMILES string of the molecule is CCn1nc(C)cc1CSc1c(N)cccc1Cl. The van der Waals surface area contributed by atoms with Crippen LogP contribution in [0.1, 0.15) is 18.3 Å². The number of thioether (sulfide) groups is 1. The molecule has 0 saturated heterocycles. The summed E-state index contributed by atoms with van der Waals surface area (Å²) in [5, 5.41) is 5.13. The van der Waals surface area contributed by atoms with Crippen molar-refractivity contribution in [2.75, 3.05) is 5.73 Å². The second-order valence-electron chi connectivity index (χ2n) is 4.04. The molecule has 5 heteroatoms. The maximum Gasteiger partial charge on any atom is 0.0596 e. The molecular formula is C13H16ClN3S. The van der Waals surface area contributed by atoms with Crippen LogP contribution in [0.3, 0.4) is 0 Å². The Kier molecular flexibility index (Phi) is 4.19. The zero-order valence-corrected chi connectivity index (χ0v) is 12.1. The van der Waals surface area contributed by atoms with E-state index in [0.717, 1.165) is 28.6 Å². The molecule has 1 aromatic heterocycles. The van der Waals surface area contributed by atoms with Crippen molar-refractivity contribution in [2.45, 2.75) is 31.0 Å². The van der Waals surface area contributed by atoms with E-state index in [1.165, 1.54) is 5.69 Å². The average molecular weight is 282 g/mol. The van der Waals surface area contributed by atoms with Crippen LogP contribution in [0.5, 0.6) is 0 Å². The van der Waals surface area contributed by atoms with Gasteiger partial charge in [-0.1, -0.05) is 17.7 Å². The van der Waals surface area contributed by atoms with Crippen LogP contribution in [0.2, 0.25) is 5.02 Å². The molecule has 2 N–H and O–H groups in total. The molecule has 1 aromatic carbocycles. The van der Waals surface area contributed by atoms with Crippen molar-refractivity contribution in [1.29, 1.82) is 0 Å². The summed E-state index contributed by atoms with van der Waals surface area (Å²) in [4.78, 5) is 0.945. The minimum atomic E-state index is 0.708. The smallest absolute Gasteiger partial charge is 0.0596 e. The van der Waals surface area contributed by atoms with Crippen LogP contribution in [-0.4, -0.2) is 9.78 Å². The molecule has 0 saturated carbocycles. The first-order chi connectivity index (χ1) is 8.61. The minimum absolute atomic E-state index is 0.708. The van der Waals surface area contributed by atoms with Crippen molar-refractivity contribution >= 4 is 29.1 Å². The Morgan fingerprint density at radius 2 is 2.22 bits per heavy atom. The third-order valence-electron chi connectivity index (χ3n) is 2.65. The number of hydrogen-bond acceptors (Lipinski definition) is 3. The van der Waals surface area contributed by atoms with E-state index in [0.29, 0.717) is 5.02 Å². The summed E-state index contributed by atoms with van der Waals surface area (Å²) >= 11 is 7.80. The maximum absolute atomic E-state index is 6.15. The first-order valence-electron chi connectivity index (χ1n) is 5.82. The lowest BCUT2D eigenvalue weighted by Crippen LogP contribution is -2.01. The van der Waals surface area contributed by atoms with E-state index in [1.807, 2.05) is 29.8 Å². The predicted molar refractivity (Wildman–Crippen MR) is 78.1 cm³/mol. The van der Waals surface area contributed by atoms with Gasteiger partial charge in [0.25, 0.3) is 0 Å². The molecule has 2 rings (SSSR count). The molecular weight excluding hydrogens is 266 g/mol. The van der Waals surface area contributed by atoms with Crippen LogP contribution in [0.4, 0.5) is 5.69 Å². The Labute approximate surface area is 116 Å². The zero-order chi connectivity index (χ0) is 13.1. The molecule has 0 bridgehead atoms. The number of benzene rings is 1. The fraction of sp³-hybridized carbons (Fsp3) is 0.308. The quantitative estimate of drug-likeness (QED) is 0.686. The van der Waals surface area contributed by atoms with Gasteiger partial charge in [-0.15, -0.1) is 11.8 Å². The van der Waals surface area contributed by atoms with Gasteiger partial charge in [-0.3, -0.25) is 4.68 Å². The molecule has 96 valence electrons. The molecule has 1 heterocycles. The van der Waals surface area contributed by atoms with E-state index in [-0.39, 0.29) is 0 Å². The van der Waals surface area contributed by atoms with Gasteiger partial charge < -0.3 is 5.73 Å². The van der Waals surface area contributed by atoms with Gasteiger partial charge >= 0.3 is 0 Å². The first kappa shape index (κ1) is 13.3. The summed E-state index contributed by atoms with van der Waals surface area (Å²) in [6.45, 7) is 4.97. The molecule has 0 aliphatic heterocycles. The van der Waals surface area contributed by atoms with Crippen molar-refractivity contribution in [3.63, 3.8) is 0 Å². The van der Waals surface area contributed by atoms with Crippen molar-refractivity contribution in [3.05, 3.63) is 40.7 Å². The minimum Gasteiger partial charge on any atom is -0.398 e. The highest BCUT2D eigenvalue weighted by Crippen LogP contribution is 2.34. The van der Waals surface area contributed by atoms with E-state index in [2.05, 4.69) is 18.1 Å². The second kappa shape index (κ2) is 5.67. The normalized spacial score (nSPS) is 10.8. The van der Waals surface area contributed by atoms with Gasteiger partial charge in [0.15, 0.2) is 0 Å². The molecule has 0 amide bonds. The summed E-state index contributed by atoms with van der Waals surface area (Å²) in [5.74, 6) is 0.822. The number of rotatable bonds is 4. The standard InChI is InChI=1S/C13H16ClN3S/c1-3-17-10(7-9(2)16-17)8-18-13-11(14)5-4-6-12(13)15/h4-7H,3,8,15H2,1-2H3. The molecule has 0 aliphatic carbocycles. The summed E-state index contributed by atoms with van der Waals surface area (Å²) in [7, 11) is 0. The maximum atomic E-state index is 6.15. The highest BCUT2D eigenvalue weighted by molar-refractivity contribution is 7.98. The van der Waals surface area contributed by atoms with Gasteiger partial charge in [-0.05, 0) is 32.0 Å². The lowest BCUT2D eigenvalue weighted by atomic mass is 10.3. The van der Waals surface area contributed by atoms with Crippen molar-refractivity contribution in [2.24, 2.45) is 0 Å². The van der Waals surface area contributed by atoms with E-state index < -0.39 is 0 Å². The fourth-order valence-corrected chi connectivity index (χ4v) is 3.12. The van der Waals surface area contributed by atoms with E-state index in [1.54, 1.807) is 11.8 Å². The molecule has 18 heavy (non-hydrogen) atoms. The first-order valence-corrected chi connectivity index (χ1v) is 7.18. The Morgan fingerprint density at radius 3 is 2.89 bits per heavy atom. The number of nitrogen functional groups attached to an aromatic ring is 1. The largest absolute Gasteiger partial charge is 0.398 e. The van der Waals surface area contributed by atoms with Gasteiger partial charge in [-0.2, -0.15) is 5.10 Å². The van der Waals surface area contributed by atoms with Gasteiger partial charge in [0.2, 0.25) is 0 Å². The van der Waals surface area contributed by atoms with Gasteiger partial charge in [-0.25, -0.2) is 0 Å². The number of aromatic nitrogens is 2. The molecule has 0 atom stereocenters. The second-order valence-corrected chi connectivity index (χ2v) is 5.43. The van der Waals surface area contributed by atoms with Gasteiger partial charge in [0, 0.05) is 28.6 Å². The predicted octanol–water partition coefficient (Wildman–Crippen LogP) is 3.74. The average Bonchev–Trinajstić information content (AvgIpc) is 2.69. The Balaban J connectivity index is 2.16. The topological polar surface area (TPSA) is 43.8 Å². The van der Waals surface area contributed by atoms with Crippen LogP contribution >= 0.6 is 23.4 Å². The van der Waals surface area contributed by atoms with Gasteiger partial charge in [0.1, 0.15) is 0 Å².